The van der Waals surface area contributed by atoms with Crippen LogP contribution in [0.15, 0.2) is 0 Å². The van der Waals surface area contributed by atoms with E-state index in [1.807, 2.05) is 0 Å². The first kappa shape index (κ1) is 11.0. The SMILES string of the molecule is CCCC1(O)CN(CCCOC)C1. The molecule has 0 aromatic rings. The van der Waals surface area contributed by atoms with Crippen LogP contribution in [0, 0.1) is 0 Å². The van der Waals surface area contributed by atoms with Crippen LogP contribution in [0.25, 0.3) is 0 Å². The van der Waals surface area contributed by atoms with Gasteiger partial charge >= 0.3 is 0 Å². The normalized spacial score (nSPS) is 21.5. The van der Waals surface area contributed by atoms with Crippen LogP contribution in [-0.4, -0.2) is 49.0 Å². The third-order valence-electron chi connectivity index (χ3n) is 2.57. The topological polar surface area (TPSA) is 32.7 Å². The molecule has 1 aliphatic rings. The van der Waals surface area contributed by atoms with Crippen molar-refractivity contribution in [2.75, 3.05) is 33.4 Å². The number of ether oxygens (including phenoxy) is 1. The third-order valence-corrected chi connectivity index (χ3v) is 2.57. The zero-order chi connectivity index (χ0) is 9.73. The van der Waals surface area contributed by atoms with Gasteiger partial charge in [0, 0.05) is 33.4 Å². The summed E-state index contributed by atoms with van der Waals surface area (Å²) in [6.07, 6.45) is 3.08. The minimum Gasteiger partial charge on any atom is -0.387 e. The van der Waals surface area contributed by atoms with Gasteiger partial charge in [0.2, 0.25) is 0 Å². The number of methoxy groups -OCH3 is 1. The van der Waals surface area contributed by atoms with Gasteiger partial charge in [0.25, 0.3) is 0 Å². The smallest absolute Gasteiger partial charge is 0.0900 e. The number of nitrogens with zero attached hydrogens (tertiary/aromatic N) is 1. The number of likely N-dealkylation sites (tertiary alicyclic amines) is 1. The molecule has 0 spiro atoms. The molecule has 78 valence electrons. The first-order chi connectivity index (χ1) is 6.20. The lowest BCUT2D eigenvalue weighted by molar-refractivity contribution is -0.104. The maximum atomic E-state index is 9.86. The van der Waals surface area contributed by atoms with E-state index in [9.17, 15) is 5.11 Å². The molecular formula is C10H21NO2. The first-order valence-electron chi connectivity index (χ1n) is 5.14. The van der Waals surface area contributed by atoms with Crippen LogP contribution in [0.1, 0.15) is 26.2 Å². The maximum Gasteiger partial charge on any atom is 0.0900 e. The Morgan fingerprint density at radius 3 is 2.69 bits per heavy atom. The second kappa shape index (κ2) is 4.94. The van der Waals surface area contributed by atoms with E-state index in [2.05, 4.69) is 11.8 Å². The maximum absolute atomic E-state index is 9.86. The molecule has 0 bridgehead atoms. The Balaban J connectivity index is 2.03. The molecule has 1 aliphatic heterocycles. The Morgan fingerprint density at radius 1 is 1.46 bits per heavy atom. The fourth-order valence-electron chi connectivity index (χ4n) is 2.00. The second-order valence-corrected chi connectivity index (χ2v) is 4.03. The molecule has 1 N–H and O–H groups in total. The highest BCUT2D eigenvalue weighted by Crippen LogP contribution is 2.25. The summed E-state index contributed by atoms with van der Waals surface area (Å²) >= 11 is 0. The largest absolute Gasteiger partial charge is 0.387 e. The van der Waals surface area contributed by atoms with Crippen molar-refractivity contribution in [3.05, 3.63) is 0 Å². The third kappa shape index (κ3) is 3.25. The molecule has 0 aromatic heterocycles. The minimum atomic E-state index is -0.373. The predicted octanol–water partition coefficient (Wildman–Crippen LogP) is 0.870. The first-order valence-corrected chi connectivity index (χ1v) is 5.14. The van der Waals surface area contributed by atoms with Gasteiger partial charge in [-0.25, -0.2) is 0 Å². The Labute approximate surface area is 80.7 Å². The van der Waals surface area contributed by atoms with Crippen molar-refractivity contribution in [2.24, 2.45) is 0 Å². The van der Waals surface area contributed by atoms with E-state index in [-0.39, 0.29) is 5.60 Å². The summed E-state index contributed by atoms with van der Waals surface area (Å²) in [6, 6.07) is 0. The van der Waals surface area contributed by atoms with E-state index in [0.29, 0.717) is 0 Å². The zero-order valence-electron chi connectivity index (χ0n) is 8.75. The lowest BCUT2D eigenvalue weighted by Gasteiger charge is -2.46. The molecule has 1 heterocycles. The van der Waals surface area contributed by atoms with Crippen molar-refractivity contribution in [2.45, 2.75) is 31.8 Å². The van der Waals surface area contributed by atoms with Crippen molar-refractivity contribution in [3.63, 3.8) is 0 Å². The van der Waals surface area contributed by atoms with Gasteiger partial charge in [-0.05, 0) is 12.8 Å². The van der Waals surface area contributed by atoms with E-state index in [0.717, 1.165) is 45.5 Å². The van der Waals surface area contributed by atoms with Gasteiger partial charge < -0.3 is 9.84 Å². The van der Waals surface area contributed by atoms with Crippen LogP contribution >= 0.6 is 0 Å². The van der Waals surface area contributed by atoms with Crippen LogP contribution in [-0.2, 0) is 4.74 Å². The quantitative estimate of drug-likeness (QED) is 0.626. The van der Waals surface area contributed by atoms with Crippen LogP contribution in [0.4, 0.5) is 0 Å². The number of rotatable bonds is 6. The molecule has 0 aromatic carbocycles. The van der Waals surface area contributed by atoms with Gasteiger partial charge in [0.15, 0.2) is 0 Å². The second-order valence-electron chi connectivity index (χ2n) is 4.03. The fraction of sp³-hybridized carbons (Fsp3) is 1.00. The summed E-state index contributed by atoms with van der Waals surface area (Å²) < 4.78 is 4.97. The monoisotopic (exact) mass is 187 g/mol. The molecule has 1 fully saturated rings. The van der Waals surface area contributed by atoms with E-state index >= 15 is 0 Å². The van der Waals surface area contributed by atoms with Crippen molar-refractivity contribution in [1.82, 2.24) is 4.90 Å². The highest BCUT2D eigenvalue weighted by molar-refractivity contribution is 4.94. The lowest BCUT2D eigenvalue weighted by Crippen LogP contribution is -2.61. The minimum absolute atomic E-state index is 0.373. The Morgan fingerprint density at radius 2 is 2.15 bits per heavy atom. The molecule has 0 unspecified atom stereocenters. The number of hydrogen-bond acceptors (Lipinski definition) is 3. The van der Waals surface area contributed by atoms with Gasteiger partial charge in [-0.3, -0.25) is 4.90 Å². The summed E-state index contributed by atoms with van der Waals surface area (Å²) in [4.78, 5) is 2.29. The molecule has 3 heteroatoms. The Hall–Kier alpha value is -0.120. The number of hydrogen-bond donors (Lipinski definition) is 1. The fourth-order valence-corrected chi connectivity index (χ4v) is 2.00. The van der Waals surface area contributed by atoms with Gasteiger partial charge in [0.05, 0.1) is 5.60 Å². The van der Waals surface area contributed by atoms with E-state index in [1.165, 1.54) is 0 Å². The molecule has 3 nitrogen and oxygen atoms in total. The summed E-state index contributed by atoms with van der Waals surface area (Å²) in [5.41, 5.74) is -0.373. The van der Waals surface area contributed by atoms with E-state index in [1.54, 1.807) is 7.11 Å². The summed E-state index contributed by atoms with van der Waals surface area (Å²) in [6.45, 7) is 5.70. The highest BCUT2D eigenvalue weighted by atomic mass is 16.5. The predicted molar refractivity (Wildman–Crippen MR) is 52.8 cm³/mol. The molecule has 0 aliphatic carbocycles. The molecular weight excluding hydrogens is 166 g/mol. The summed E-state index contributed by atoms with van der Waals surface area (Å²) in [5.74, 6) is 0. The zero-order valence-corrected chi connectivity index (χ0v) is 8.75. The molecule has 1 saturated heterocycles. The van der Waals surface area contributed by atoms with Crippen LogP contribution in [0.5, 0.6) is 0 Å². The van der Waals surface area contributed by atoms with Crippen LogP contribution in [0.2, 0.25) is 0 Å². The highest BCUT2D eigenvalue weighted by Gasteiger charge is 2.39. The molecule has 0 saturated carbocycles. The van der Waals surface area contributed by atoms with Crippen molar-refractivity contribution in [1.29, 1.82) is 0 Å². The van der Waals surface area contributed by atoms with Gasteiger partial charge in [-0.15, -0.1) is 0 Å². The van der Waals surface area contributed by atoms with Crippen molar-refractivity contribution in [3.8, 4) is 0 Å². The summed E-state index contributed by atoms with van der Waals surface area (Å²) in [5, 5.41) is 9.86. The molecule has 0 atom stereocenters. The van der Waals surface area contributed by atoms with Gasteiger partial charge in [-0.2, -0.15) is 0 Å². The van der Waals surface area contributed by atoms with Crippen LogP contribution in [0.3, 0.4) is 0 Å². The van der Waals surface area contributed by atoms with Crippen molar-refractivity contribution >= 4 is 0 Å². The number of β-amino-alcohol motifs (C(OH)–C–C–N with tert-alkyl or cyclic N) is 1. The molecule has 0 radical (unpaired) electrons. The van der Waals surface area contributed by atoms with Crippen molar-refractivity contribution < 1.29 is 9.84 Å². The van der Waals surface area contributed by atoms with E-state index in [4.69, 9.17) is 4.74 Å². The number of aliphatic hydroxyl groups is 1. The average molecular weight is 187 g/mol. The summed E-state index contributed by atoms with van der Waals surface area (Å²) in [7, 11) is 1.73. The molecule has 1 rings (SSSR count). The van der Waals surface area contributed by atoms with Gasteiger partial charge in [-0.1, -0.05) is 13.3 Å². The standard InChI is InChI=1S/C10H21NO2/c1-3-5-10(12)8-11(9-10)6-4-7-13-2/h12H,3-9H2,1-2H3. The average Bonchev–Trinajstić information content (AvgIpc) is 2.02. The Kier molecular flexibility index (Phi) is 4.16. The van der Waals surface area contributed by atoms with Crippen LogP contribution < -0.4 is 0 Å². The van der Waals surface area contributed by atoms with E-state index < -0.39 is 0 Å². The lowest BCUT2D eigenvalue weighted by atomic mass is 9.89. The molecule has 13 heavy (non-hydrogen) atoms. The Bertz CT molecular complexity index is 144. The molecule has 0 amide bonds. The van der Waals surface area contributed by atoms with Gasteiger partial charge in [0.1, 0.15) is 0 Å².